The number of nitrogens with zero attached hydrogens (tertiary/aromatic N) is 1. The Morgan fingerprint density at radius 1 is 1.15 bits per heavy atom. The zero-order valence-electron chi connectivity index (χ0n) is 14.1. The average Bonchev–Trinajstić information content (AvgIpc) is 3.46. The van der Waals surface area contributed by atoms with Gasteiger partial charge >= 0.3 is 0 Å². The number of rotatable bonds is 6. The Labute approximate surface area is 163 Å². The fourth-order valence-corrected chi connectivity index (χ4v) is 5.08. The predicted molar refractivity (Wildman–Crippen MR) is 102 cm³/mol. The van der Waals surface area contributed by atoms with Gasteiger partial charge < -0.3 is 5.32 Å². The molecule has 0 bridgehead atoms. The summed E-state index contributed by atoms with van der Waals surface area (Å²) in [5.74, 6) is -0.186. The van der Waals surface area contributed by atoms with Gasteiger partial charge in [-0.1, -0.05) is 41.4 Å². The van der Waals surface area contributed by atoms with E-state index in [9.17, 15) is 13.2 Å². The number of hydrogen-bond acceptors (Lipinski definition) is 3. The van der Waals surface area contributed by atoms with Crippen LogP contribution in [0.15, 0.2) is 47.4 Å². The smallest absolute Gasteiger partial charge is 0.251 e. The standard InChI is InChI=1S/C18H18Cl2N2O3S/c1-21-18(23)13-7-5-12(6-8-13)11-22(14-9-10-14)26(24,25)16-4-2-3-15(19)17(16)20/h2-8,14H,9-11H2,1H3,(H,21,23). The molecule has 0 aromatic heterocycles. The fraction of sp³-hybridized carbons (Fsp3) is 0.278. The summed E-state index contributed by atoms with van der Waals surface area (Å²) in [5, 5.41) is 2.80. The highest BCUT2D eigenvalue weighted by molar-refractivity contribution is 7.89. The van der Waals surface area contributed by atoms with E-state index in [-0.39, 0.29) is 33.4 Å². The number of carbonyl (C=O) groups is 1. The van der Waals surface area contributed by atoms with Gasteiger partial charge in [0.1, 0.15) is 4.90 Å². The molecule has 8 heteroatoms. The van der Waals surface area contributed by atoms with Crippen molar-refractivity contribution in [2.45, 2.75) is 30.3 Å². The predicted octanol–water partition coefficient (Wildman–Crippen LogP) is 3.71. The lowest BCUT2D eigenvalue weighted by Gasteiger charge is -2.23. The molecule has 1 N–H and O–H groups in total. The number of halogens is 2. The van der Waals surface area contributed by atoms with E-state index < -0.39 is 10.0 Å². The van der Waals surface area contributed by atoms with Crippen LogP contribution in [-0.4, -0.2) is 31.7 Å². The lowest BCUT2D eigenvalue weighted by Crippen LogP contribution is -2.33. The van der Waals surface area contributed by atoms with Crippen molar-refractivity contribution in [1.29, 1.82) is 0 Å². The largest absolute Gasteiger partial charge is 0.355 e. The van der Waals surface area contributed by atoms with Crippen LogP contribution in [0.3, 0.4) is 0 Å². The van der Waals surface area contributed by atoms with E-state index in [1.165, 1.54) is 10.4 Å². The molecule has 0 aliphatic heterocycles. The van der Waals surface area contributed by atoms with Crippen LogP contribution in [0.25, 0.3) is 0 Å². The lowest BCUT2D eigenvalue weighted by atomic mass is 10.1. The average molecular weight is 413 g/mol. The molecule has 2 aromatic carbocycles. The first-order valence-electron chi connectivity index (χ1n) is 8.11. The molecule has 5 nitrogen and oxygen atoms in total. The molecular formula is C18H18Cl2N2O3S. The highest BCUT2D eigenvalue weighted by atomic mass is 35.5. The summed E-state index contributed by atoms with van der Waals surface area (Å²) in [5.41, 5.74) is 1.32. The van der Waals surface area contributed by atoms with Gasteiger partial charge in [-0.2, -0.15) is 4.31 Å². The Bertz CT molecular complexity index is 926. The number of nitrogens with one attached hydrogen (secondary N) is 1. The van der Waals surface area contributed by atoms with Crippen molar-refractivity contribution in [2.24, 2.45) is 0 Å². The Balaban J connectivity index is 1.90. The second-order valence-corrected chi connectivity index (χ2v) is 8.75. The first-order chi connectivity index (χ1) is 12.3. The van der Waals surface area contributed by atoms with Gasteiger partial charge in [0.05, 0.1) is 10.0 Å². The maximum absolute atomic E-state index is 13.1. The lowest BCUT2D eigenvalue weighted by molar-refractivity contribution is 0.0963. The Morgan fingerprint density at radius 3 is 2.38 bits per heavy atom. The van der Waals surface area contributed by atoms with Crippen molar-refractivity contribution in [2.75, 3.05) is 7.05 Å². The van der Waals surface area contributed by atoms with Crippen LogP contribution < -0.4 is 5.32 Å². The zero-order chi connectivity index (χ0) is 18.9. The minimum absolute atomic E-state index is 0.0144. The quantitative estimate of drug-likeness (QED) is 0.785. The molecular weight excluding hydrogens is 395 g/mol. The highest BCUT2D eigenvalue weighted by Crippen LogP contribution is 2.37. The fourth-order valence-electron chi connectivity index (χ4n) is 2.67. The second-order valence-electron chi connectivity index (χ2n) is 6.11. The summed E-state index contributed by atoms with van der Waals surface area (Å²) >= 11 is 12.1. The minimum atomic E-state index is -3.78. The van der Waals surface area contributed by atoms with Gasteiger partial charge in [0.25, 0.3) is 5.91 Å². The van der Waals surface area contributed by atoms with E-state index in [4.69, 9.17) is 23.2 Å². The summed E-state index contributed by atoms with van der Waals surface area (Å²) in [7, 11) is -2.22. The molecule has 0 spiro atoms. The van der Waals surface area contributed by atoms with Crippen LogP contribution in [0.1, 0.15) is 28.8 Å². The normalized spacial score (nSPS) is 14.5. The third kappa shape index (κ3) is 3.88. The van der Waals surface area contributed by atoms with Gasteiger partial charge in [0, 0.05) is 25.2 Å². The second kappa shape index (κ2) is 7.56. The number of sulfonamides is 1. The number of benzene rings is 2. The van der Waals surface area contributed by atoms with Crippen LogP contribution in [0.4, 0.5) is 0 Å². The first kappa shape index (κ1) is 19.2. The van der Waals surface area contributed by atoms with Gasteiger partial charge in [-0.15, -0.1) is 0 Å². The minimum Gasteiger partial charge on any atom is -0.355 e. The summed E-state index contributed by atoms with van der Waals surface area (Å²) in [6.45, 7) is 0.212. The molecule has 0 atom stereocenters. The summed E-state index contributed by atoms with van der Waals surface area (Å²) in [6.07, 6.45) is 1.63. The van der Waals surface area contributed by atoms with Crippen molar-refractivity contribution < 1.29 is 13.2 Å². The van der Waals surface area contributed by atoms with Crippen molar-refractivity contribution in [3.05, 3.63) is 63.6 Å². The summed E-state index contributed by atoms with van der Waals surface area (Å²) < 4.78 is 27.7. The molecule has 3 rings (SSSR count). The molecule has 1 aliphatic carbocycles. The van der Waals surface area contributed by atoms with Crippen LogP contribution >= 0.6 is 23.2 Å². The van der Waals surface area contributed by atoms with Crippen molar-refractivity contribution in [1.82, 2.24) is 9.62 Å². The van der Waals surface area contributed by atoms with Gasteiger partial charge in [-0.25, -0.2) is 8.42 Å². The Hall–Kier alpha value is -1.60. The molecule has 0 unspecified atom stereocenters. The van der Waals surface area contributed by atoms with Crippen molar-refractivity contribution in [3.63, 3.8) is 0 Å². The van der Waals surface area contributed by atoms with E-state index in [0.29, 0.717) is 5.56 Å². The van der Waals surface area contributed by atoms with Gasteiger partial charge in [0.15, 0.2) is 0 Å². The van der Waals surface area contributed by atoms with Crippen molar-refractivity contribution >= 4 is 39.1 Å². The SMILES string of the molecule is CNC(=O)c1ccc(CN(C2CC2)S(=O)(=O)c2cccc(Cl)c2Cl)cc1. The molecule has 0 radical (unpaired) electrons. The van der Waals surface area contributed by atoms with Crippen LogP contribution in [0.2, 0.25) is 10.0 Å². The summed E-state index contributed by atoms with van der Waals surface area (Å²) in [6, 6.07) is 11.4. The third-order valence-electron chi connectivity index (χ3n) is 4.24. The molecule has 1 fully saturated rings. The zero-order valence-corrected chi connectivity index (χ0v) is 16.4. The van der Waals surface area contributed by atoms with E-state index in [1.54, 1.807) is 43.4 Å². The van der Waals surface area contributed by atoms with Crippen LogP contribution in [0.5, 0.6) is 0 Å². The van der Waals surface area contributed by atoms with Gasteiger partial charge in [0.2, 0.25) is 10.0 Å². The summed E-state index contributed by atoms with van der Waals surface area (Å²) in [4.78, 5) is 11.6. The topological polar surface area (TPSA) is 66.5 Å². The van der Waals surface area contributed by atoms with E-state index in [0.717, 1.165) is 18.4 Å². The van der Waals surface area contributed by atoms with Crippen LogP contribution in [0, 0.1) is 0 Å². The van der Waals surface area contributed by atoms with Gasteiger partial charge in [-0.05, 0) is 42.7 Å². The molecule has 26 heavy (non-hydrogen) atoms. The third-order valence-corrected chi connectivity index (χ3v) is 7.11. The van der Waals surface area contributed by atoms with E-state index in [1.807, 2.05) is 0 Å². The van der Waals surface area contributed by atoms with Crippen molar-refractivity contribution in [3.8, 4) is 0 Å². The highest BCUT2D eigenvalue weighted by Gasteiger charge is 2.39. The number of amides is 1. The molecule has 0 heterocycles. The number of hydrogen-bond donors (Lipinski definition) is 1. The molecule has 0 saturated heterocycles. The maximum atomic E-state index is 13.1. The molecule has 2 aromatic rings. The number of carbonyl (C=O) groups excluding carboxylic acids is 1. The van der Waals surface area contributed by atoms with E-state index in [2.05, 4.69) is 5.32 Å². The molecule has 1 amide bonds. The molecule has 138 valence electrons. The molecule has 1 saturated carbocycles. The van der Waals surface area contributed by atoms with E-state index >= 15 is 0 Å². The monoisotopic (exact) mass is 412 g/mol. The maximum Gasteiger partial charge on any atom is 0.251 e. The Morgan fingerprint density at radius 2 is 1.81 bits per heavy atom. The molecule has 1 aliphatic rings. The van der Waals surface area contributed by atoms with Crippen LogP contribution in [-0.2, 0) is 16.6 Å². The first-order valence-corrected chi connectivity index (χ1v) is 10.3. The van der Waals surface area contributed by atoms with Gasteiger partial charge in [-0.3, -0.25) is 4.79 Å². The Kier molecular flexibility index (Phi) is 5.58.